The zero-order valence-electron chi connectivity index (χ0n) is 15.8. The number of nitrogens with zero attached hydrogens (tertiary/aromatic N) is 2. The van der Waals surface area contributed by atoms with E-state index in [1.807, 2.05) is 31.2 Å². The number of carbonyl (C=O) groups excluding carboxylic acids is 1. The molecule has 0 radical (unpaired) electrons. The van der Waals surface area contributed by atoms with E-state index in [2.05, 4.69) is 26.6 Å². The number of hydrogen-bond donors (Lipinski definition) is 2. The van der Waals surface area contributed by atoms with E-state index < -0.39 is 0 Å². The zero-order chi connectivity index (χ0) is 19.1. The van der Waals surface area contributed by atoms with Gasteiger partial charge in [0.15, 0.2) is 5.82 Å². The van der Waals surface area contributed by atoms with Crippen molar-refractivity contribution in [2.45, 2.75) is 49.4 Å². The van der Waals surface area contributed by atoms with Crippen LogP contribution in [0.15, 0.2) is 41.1 Å². The van der Waals surface area contributed by atoms with Crippen molar-refractivity contribution in [1.82, 2.24) is 20.5 Å². The van der Waals surface area contributed by atoms with Crippen molar-refractivity contribution < 1.29 is 9.53 Å². The molecular formula is C20H26N4O2S. The summed E-state index contributed by atoms with van der Waals surface area (Å²) in [6.07, 6.45) is 8.18. The number of carbonyl (C=O) groups is 1. The average Bonchev–Trinajstić information content (AvgIpc) is 3.17. The highest BCUT2D eigenvalue weighted by molar-refractivity contribution is 8.00. The maximum Gasteiger partial charge on any atom is 0.233 e. The van der Waals surface area contributed by atoms with E-state index in [0.717, 1.165) is 17.7 Å². The molecule has 0 bridgehead atoms. The first-order valence-electron chi connectivity index (χ1n) is 9.35. The number of aromatic nitrogens is 3. The number of rotatable bonds is 8. The lowest BCUT2D eigenvalue weighted by Crippen LogP contribution is -2.32. The third-order valence-corrected chi connectivity index (χ3v) is 5.57. The summed E-state index contributed by atoms with van der Waals surface area (Å²) in [5.74, 6) is 1.49. The zero-order valence-corrected chi connectivity index (χ0v) is 16.6. The fraction of sp³-hybridized carbons (Fsp3) is 0.450. The van der Waals surface area contributed by atoms with Gasteiger partial charge in [0.05, 0.1) is 12.4 Å². The van der Waals surface area contributed by atoms with Gasteiger partial charge in [-0.2, -0.15) is 0 Å². The molecule has 1 amide bonds. The molecule has 1 heterocycles. The van der Waals surface area contributed by atoms with Crippen LogP contribution in [0.2, 0.25) is 0 Å². The summed E-state index contributed by atoms with van der Waals surface area (Å²) < 4.78 is 5.16. The number of amides is 1. The smallest absolute Gasteiger partial charge is 0.233 e. The van der Waals surface area contributed by atoms with Crippen LogP contribution in [0, 0.1) is 0 Å². The fourth-order valence-corrected chi connectivity index (χ4v) is 3.76. The molecule has 0 spiro atoms. The summed E-state index contributed by atoms with van der Waals surface area (Å²) in [6.45, 7) is 2.57. The molecule has 6 nitrogen and oxygen atoms in total. The van der Waals surface area contributed by atoms with Crippen molar-refractivity contribution in [3.8, 4) is 17.1 Å². The number of thioether (sulfide) groups is 1. The molecule has 144 valence electrons. The Bertz CT molecular complexity index is 786. The molecule has 0 saturated carbocycles. The molecular weight excluding hydrogens is 360 g/mol. The first-order chi connectivity index (χ1) is 13.2. The maximum atomic E-state index is 12.3. The van der Waals surface area contributed by atoms with E-state index in [1.54, 1.807) is 7.11 Å². The highest BCUT2D eigenvalue weighted by atomic mass is 32.2. The Hall–Kier alpha value is -2.28. The van der Waals surface area contributed by atoms with Crippen LogP contribution in [0.4, 0.5) is 0 Å². The number of allylic oxidation sites excluding steroid dienone is 1. The van der Waals surface area contributed by atoms with E-state index in [-0.39, 0.29) is 11.2 Å². The SMILES string of the molecule is COc1ccc(-c2nc(S[C@@H](C)C(=O)NCCC3=CCCCC3)n[nH]2)cc1. The second kappa shape index (κ2) is 9.60. The van der Waals surface area contributed by atoms with E-state index in [1.165, 1.54) is 43.0 Å². The molecule has 0 unspecified atom stereocenters. The Balaban J connectivity index is 1.48. The van der Waals surface area contributed by atoms with Crippen molar-refractivity contribution in [2.24, 2.45) is 0 Å². The molecule has 3 rings (SSSR count). The summed E-state index contributed by atoms with van der Waals surface area (Å²) in [6, 6.07) is 7.60. The van der Waals surface area contributed by atoms with Crippen LogP contribution < -0.4 is 10.1 Å². The van der Waals surface area contributed by atoms with Gasteiger partial charge in [-0.25, -0.2) is 4.98 Å². The van der Waals surface area contributed by atoms with Crippen LogP contribution in [0.3, 0.4) is 0 Å². The van der Waals surface area contributed by atoms with Crippen molar-refractivity contribution in [3.05, 3.63) is 35.9 Å². The minimum Gasteiger partial charge on any atom is -0.497 e. The Morgan fingerprint density at radius 3 is 2.85 bits per heavy atom. The van der Waals surface area contributed by atoms with Crippen molar-refractivity contribution >= 4 is 17.7 Å². The Morgan fingerprint density at radius 1 is 1.33 bits per heavy atom. The van der Waals surface area contributed by atoms with Gasteiger partial charge in [0.25, 0.3) is 0 Å². The molecule has 1 aliphatic carbocycles. The van der Waals surface area contributed by atoms with Crippen LogP contribution >= 0.6 is 11.8 Å². The normalized spacial score (nSPS) is 15.1. The number of nitrogens with one attached hydrogen (secondary N) is 2. The second-order valence-corrected chi connectivity index (χ2v) is 7.91. The highest BCUT2D eigenvalue weighted by Crippen LogP contribution is 2.24. The van der Waals surface area contributed by atoms with Gasteiger partial charge in [0.1, 0.15) is 5.75 Å². The first-order valence-corrected chi connectivity index (χ1v) is 10.2. The maximum absolute atomic E-state index is 12.3. The van der Waals surface area contributed by atoms with Gasteiger partial charge in [-0.1, -0.05) is 23.4 Å². The molecule has 0 aliphatic heterocycles. The standard InChI is InChI=1S/C20H26N4O2S/c1-14(19(25)21-13-12-15-6-4-3-5-7-15)27-20-22-18(23-24-20)16-8-10-17(26-2)11-9-16/h6,8-11,14H,3-5,7,12-13H2,1-2H3,(H,21,25)(H,22,23,24)/t14-/m0/s1. The molecule has 7 heteroatoms. The quantitative estimate of drug-likeness (QED) is 0.530. The number of hydrogen-bond acceptors (Lipinski definition) is 5. The van der Waals surface area contributed by atoms with Crippen molar-refractivity contribution in [1.29, 1.82) is 0 Å². The van der Waals surface area contributed by atoms with Crippen LogP contribution in [0.25, 0.3) is 11.4 Å². The van der Waals surface area contributed by atoms with Crippen LogP contribution in [-0.2, 0) is 4.79 Å². The largest absolute Gasteiger partial charge is 0.497 e. The average molecular weight is 387 g/mol. The molecule has 27 heavy (non-hydrogen) atoms. The van der Waals surface area contributed by atoms with Crippen LogP contribution in [0.1, 0.15) is 39.0 Å². The lowest BCUT2D eigenvalue weighted by molar-refractivity contribution is -0.120. The molecule has 1 aromatic heterocycles. The van der Waals surface area contributed by atoms with Crippen molar-refractivity contribution in [2.75, 3.05) is 13.7 Å². The number of benzene rings is 1. The van der Waals surface area contributed by atoms with Crippen LogP contribution in [0.5, 0.6) is 5.75 Å². The molecule has 2 N–H and O–H groups in total. The summed E-state index contributed by atoms with van der Waals surface area (Å²) >= 11 is 1.36. The van der Waals surface area contributed by atoms with E-state index >= 15 is 0 Å². The molecule has 0 fully saturated rings. The lowest BCUT2D eigenvalue weighted by atomic mass is 9.97. The predicted molar refractivity (Wildman–Crippen MR) is 108 cm³/mol. The summed E-state index contributed by atoms with van der Waals surface area (Å²) in [4.78, 5) is 16.8. The Kier molecular flexibility index (Phi) is 6.92. The van der Waals surface area contributed by atoms with Gasteiger partial charge in [-0.15, -0.1) is 5.10 Å². The fourth-order valence-electron chi connectivity index (χ4n) is 3.01. The molecule has 1 aromatic carbocycles. The number of aromatic amines is 1. The second-order valence-electron chi connectivity index (χ2n) is 6.60. The van der Waals surface area contributed by atoms with E-state index in [9.17, 15) is 4.79 Å². The van der Waals surface area contributed by atoms with Gasteiger partial charge < -0.3 is 10.1 Å². The van der Waals surface area contributed by atoms with Crippen molar-refractivity contribution in [3.63, 3.8) is 0 Å². The van der Waals surface area contributed by atoms with Gasteiger partial charge in [0.2, 0.25) is 11.1 Å². The molecule has 0 saturated heterocycles. The highest BCUT2D eigenvalue weighted by Gasteiger charge is 2.17. The molecule has 1 aliphatic rings. The van der Waals surface area contributed by atoms with E-state index in [4.69, 9.17) is 4.74 Å². The van der Waals surface area contributed by atoms with Gasteiger partial charge in [-0.3, -0.25) is 9.89 Å². The summed E-state index contributed by atoms with van der Waals surface area (Å²) in [5.41, 5.74) is 2.40. The molecule has 2 aromatic rings. The number of H-pyrrole nitrogens is 1. The van der Waals surface area contributed by atoms with Gasteiger partial charge in [-0.05, 0) is 63.3 Å². The summed E-state index contributed by atoms with van der Waals surface area (Å²) in [5, 5.41) is 10.5. The lowest BCUT2D eigenvalue weighted by Gasteiger charge is -2.14. The van der Waals surface area contributed by atoms with Crippen LogP contribution in [-0.4, -0.2) is 40.0 Å². The monoisotopic (exact) mass is 386 g/mol. The summed E-state index contributed by atoms with van der Waals surface area (Å²) in [7, 11) is 1.64. The predicted octanol–water partition coefficient (Wildman–Crippen LogP) is 3.97. The Labute approximate surface area is 164 Å². The third kappa shape index (κ3) is 5.60. The third-order valence-electron chi connectivity index (χ3n) is 4.61. The first kappa shape index (κ1) is 19.5. The Morgan fingerprint density at radius 2 is 2.15 bits per heavy atom. The minimum absolute atomic E-state index is 0.0206. The van der Waals surface area contributed by atoms with Gasteiger partial charge in [0, 0.05) is 12.1 Å². The van der Waals surface area contributed by atoms with Gasteiger partial charge >= 0.3 is 0 Å². The topological polar surface area (TPSA) is 79.9 Å². The molecule has 1 atom stereocenters. The minimum atomic E-state index is -0.246. The van der Waals surface area contributed by atoms with E-state index in [0.29, 0.717) is 17.5 Å². The number of methoxy groups -OCH3 is 1. The number of ether oxygens (including phenoxy) is 1.